The van der Waals surface area contributed by atoms with Gasteiger partial charge in [-0.3, -0.25) is 0 Å². The molecular formula is C4H10CaN2O4Sr. The van der Waals surface area contributed by atoms with Crippen LogP contribution in [0.3, 0.4) is 0 Å². The molecule has 0 aromatic rings. The van der Waals surface area contributed by atoms with E-state index in [4.69, 9.17) is 19.8 Å². The number of rotatable bonds is 2. The quantitative estimate of drug-likeness (QED) is 0.483. The molecule has 8 heteroatoms. The van der Waals surface area contributed by atoms with Gasteiger partial charge in [0.15, 0.2) is 0 Å². The summed E-state index contributed by atoms with van der Waals surface area (Å²) in [6.45, 7) is -0.778. The molecule has 0 saturated heterocycles. The van der Waals surface area contributed by atoms with Crippen LogP contribution in [0.25, 0.3) is 0 Å². The van der Waals surface area contributed by atoms with Gasteiger partial charge in [0.05, 0.1) is 11.9 Å². The summed E-state index contributed by atoms with van der Waals surface area (Å²) in [5, 5.41) is 18.3. The zero-order valence-corrected chi connectivity index (χ0v) is 9.39. The molecule has 0 amide bonds. The van der Waals surface area contributed by atoms with Crippen molar-refractivity contribution in [3.05, 3.63) is 0 Å². The van der Waals surface area contributed by atoms with Crippen LogP contribution in [-0.2, 0) is 9.59 Å². The fourth-order valence-corrected chi connectivity index (χ4v) is 0. The van der Waals surface area contributed by atoms with Gasteiger partial charge in [0.1, 0.15) is 0 Å². The van der Waals surface area contributed by atoms with Crippen LogP contribution in [0, 0.1) is 0 Å². The van der Waals surface area contributed by atoms with Gasteiger partial charge in [-0.1, -0.05) is 0 Å². The smallest absolute Gasteiger partial charge is 2.00 e. The molecular weight excluding hydrogens is 268 g/mol. The first-order chi connectivity index (χ1) is 4.54. The van der Waals surface area contributed by atoms with Gasteiger partial charge in [0.25, 0.3) is 0 Å². The van der Waals surface area contributed by atoms with E-state index in [0.717, 1.165) is 0 Å². The summed E-state index contributed by atoms with van der Waals surface area (Å²) < 4.78 is 0. The SMILES string of the molecule is NCC(=O)[O-].NCC(=O)[O-].[CaH2].[Sr+2]. The fraction of sp³-hybridized carbons (Fsp3) is 0.500. The average molecular weight is 278 g/mol. The van der Waals surface area contributed by atoms with Crippen molar-refractivity contribution in [2.45, 2.75) is 0 Å². The Kier molecular flexibility index (Phi) is 35.9. The van der Waals surface area contributed by atoms with Crippen molar-refractivity contribution >= 4 is 95.2 Å². The Bertz CT molecular complexity index is 110. The number of carboxylic acids is 2. The molecule has 0 aromatic heterocycles. The van der Waals surface area contributed by atoms with Crippen LogP contribution in [0.15, 0.2) is 0 Å². The summed E-state index contributed by atoms with van der Waals surface area (Å²) in [6.07, 6.45) is 0. The first kappa shape index (κ1) is 23.4. The van der Waals surface area contributed by atoms with E-state index in [2.05, 4.69) is 11.5 Å². The van der Waals surface area contributed by atoms with Gasteiger partial charge < -0.3 is 31.3 Å². The normalized spacial score (nSPS) is 6.17. The van der Waals surface area contributed by atoms with Gasteiger partial charge in [0, 0.05) is 13.1 Å². The first-order valence-electron chi connectivity index (χ1n) is 2.34. The maximum atomic E-state index is 9.13. The molecule has 6 nitrogen and oxygen atoms in total. The Hall–Kier alpha value is 1.60. The van der Waals surface area contributed by atoms with Crippen LogP contribution in [-0.4, -0.2) is 108 Å². The molecule has 0 radical (unpaired) electrons. The van der Waals surface area contributed by atoms with Gasteiger partial charge >= 0.3 is 83.2 Å². The monoisotopic (exact) mass is 278 g/mol. The van der Waals surface area contributed by atoms with E-state index < -0.39 is 11.9 Å². The van der Waals surface area contributed by atoms with Crippen molar-refractivity contribution in [1.82, 2.24) is 0 Å². The fourth-order valence-electron chi connectivity index (χ4n) is 0. The van der Waals surface area contributed by atoms with Gasteiger partial charge in [-0.25, -0.2) is 0 Å². The molecule has 0 heterocycles. The zero-order valence-electron chi connectivity index (χ0n) is 5.91. The Labute approximate surface area is 137 Å². The van der Waals surface area contributed by atoms with Gasteiger partial charge in [-0.05, 0) is 0 Å². The summed E-state index contributed by atoms with van der Waals surface area (Å²) >= 11 is 0. The van der Waals surface area contributed by atoms with Crippen LogP contribution >= 0.6 is 0 Å². The van der Waals surface area contributed by atoms with E-state index in [1.807, 2.05) is 0 Å². The molecule has 0 fully saturated rings. The number of carbonyl (C=O) groups excluding carboxylic acids is 2. The van der Waals surface area contributed by atoms with E-state index in [1.54, 1.807) is 0 Å². The van der Waals surface area contributed by atoms with E-state index in [9.17, 15) is 0 Å². The Morgan fingerprint density at radius 1 is 1.00 bits per heavy atom. The van der Waals surface area contributed by atoms with Crippen LogP contribution in [0.4, 0.5) is 0 Å². The van der Waals surface area contributed by atoms with Crippen molar-refractivity contribution < 1.29 is 19.8 Å². The second-order valence-corrected chi connectivity index (χ2v) is 1.15. The average Bonchev–Trinajstić information content (AvgIpc) is 1.89. The number of hydrogen-bond acceptors (Lipinski definition) is 6. The van der Waals surface area contributed by atoms with Crippen molar-refractivity contribution in [3.63, 3.8) is 0 Å². The molecule has 0 spiro atoms. The maximum Gasteiger partial charge on any atom is 2.00 e. The maximum absolute atomic E-state index is 9.13. The van der Waals surface area contributed by atoms with Gasteiger partial charge in [0.2, 0.25) is 0 Å². The third-order valence-corrected chi connectivity index (χ3v) is 0.333. The number of hydrogen-bond donors (Lipinski definition) is 2. The molecule has 0 bridgehead atoms. The van der Waals surface area contributed by atoms with Crippen LogP contribution < -0.4 is 21.7 Å². The van der Waals surface area contributed by atoms with Gasteiger partial charge in [-0.2, -0.15) is 0 Å². The summed E-state index contributed by atoms with van der Waals surface area (Å²) in [6, 6.07) is 0. The number of carbonyl (C=O) groups is 2. The van der Waals surface area contributed by atoms with Crippen LogP contribution in [0.1, 0.15) is 0 Å². The summed E-state index contributed by atoms with van der Waals surface area (Å²) in [4.78, 5) is 18.3. The van der Waals surface area contributed by atoms with Crippen molar-refractivity contribution in [2.24, 2.45) is 11.5 Å². The summed E-state index contributed by atoms with van der Waals surface area (Å²) in [5.74, 6) is -2.44. The minimum atomic E-state index is -1.22. The molecule has 64 valence electrons. The van der Waals surface area contributed by atoms with Crippen LogP contribution in [0.2, 0.25) is 0 Å². The number of carboxylic acid groups (broad SMARTS) is 2. The minimum Gasteiger partial charge on any atom is 2.00 e. The molecule has 0 atom stereocenters. The third kappa shape index (κ3) is 41.6. The second kappa shape index (κ2) is 18.4. The van der Waals surface area contributed by atoms with Crippen LogP contribution in [0.5, 0.6) is 0 Å². The van der Waals surface area contributed by atoms with Crippen molar-refractivity contribution in [2.75, 3.05) is 13.1 Å². The minimum absolute atomic E-state index is 0. The molecule has 0 aliphatic rings. The van der Waals surface area contributed by atoms with Crippen molar-refractivity contribution in [1.29, 1.82) is 0 Å². The van der Waals surface area contributed by atoms with Gasteiger partial charge in [-0.15, -0.1) is 0 Å². The van der Waals surface area contributed by atoms with E-state index >= 15 is 0 Å². The molecule has 0 rings (SSSR count). The number of nitrogens with two attached hydrogens (primary N) is 2. The molecule has 0 aromatic carbocycles. The Balaban J connectivity index is -0.0000000457. The topological polar surface area (TPSA) is 132 Å². The first-order valence-corrected chi connectivity index (χ1v) is 2.34. The number of aliphatic carboxylic acids is 2. The van der Waals surface area contributed by atoms with E-state index in [0.29, 0.717) is 0 Å². The summed E-state index contributed by atoms with van der Waals surface area (Å²) in [7, 11) is 0. The molecule has 4 N–H and O–H groups in total. The standard InChI is InChI=1S/2C2H5NO2.Ca.Sr.2H/c2*3-1-2(4)5;;;;/h2*1,3H2,(H,4,5);;;;/q;;;+2;;/p-2. The van der Waals surface area contributed by atoms with E-state index in [1.165, 1.54) is 0 Å². The third-order valence-electron chi connectivity index (χ3n) is 0.333. The zero-order chi connectivity index (χ0) is 8.57. The Morgan fingerprint density at radius 2 is 1.08 bits per heavy atom. The Morgan fingerprint density at radius 3 is 1.08 bits per heavy atom. The predicted molar refractivity (Wildman–Crippen MR) is 42.4 cm³/mol. The predicted octanol–water partition coefficient (Wildman–Crippen LogP) is -5.91. The van der Waals surface area contributed by atoms with E-state index in [-0.39, 0.29) is 96.3 Å². The van der Waals surface area contributed by atoms with Crippen molar-refractivity contribution in [3.8, 4) is 0 Å². The molecule has 0 aliphatic carbocycles. The summed E-state index contributed by atoms with van der Waals surface area (Å²) in [5.41, 5.74) is 9.02. The molecule has 12 heavy (non-hydrogen) atoms. The molecule has 0 unspecified atom stereocenters. The molecule has 0 aliphatic heterocycles. The second-order valence-electron chi connectivity index (χ2n) is 1.15. The molecule has 0 saturated carbocycles. The largest absolute Gasteiger partial charge is 2.00 e.